The van der Waals surface area contributed by atoms with Gasteiger partial charge in [0.2, 0.25) is 11.1 Å². The molecule has 1 aromatic heterocycles. The summed E-state index contributed by atoms with van der Waals surface area (Å²) in [6.45, 7) is 1.88. The van der Waals surface area contributed by atoms with Crippen LogP contribution in [-0.4, -0.2) is 33.1 Å². The van der Waals surface area contributed by atoms with Gasteiger partial charge in [-0.1, -0.05) is 54.2 Å². The first-order valence-corrected chi connectivity index (χ1v) is 9.39. The molecular weight excluding hydrogens is 362 g/mol. The van der Waals surface area contributed by atoms with E-state index >= 15 is 0 Å². The Morgan fingerprint density at radius 1 is 1.15 bits per heavy atom. The van der Waals surface area contributed by atoms with Crippen molar-refractivity contribution in [2.75, 3.05) is 17.9 Å². The number of nitrogens with one attached hydrogen (secondary N) is 2. The summed E-state index contributed by atoms with van der Waals surface area (Å²) in [5, 5.41) is 11.5. The van der Waals surface area contributed by atoms with Crippen LogP contribution in [-0.2, 0) is 4.79 Å². The highest BCUT2D eigenvalue weighted by Gasteiger charge is 2.37. The third kappa shape index (κ3) is 3.35. The third-order valence-corrected chi connectivity index (χ3v) is 5.60. The lowest BCUT2D eigenvalue weighted by Crippen LogP contribution is -2.41. The summed E-state index contributed by atoms with van der Waals surface area (Å²) in [6.07, 6.45) is 0. The van der Waals surface area contributed by atoms with Crippen LogP contribution in [0, 0.1) is 6.92 Å². The number of para-hydroxylation sites is 2. The van der Waals surface area contributed by atoms with E-state index in [-0.39, 0.29) is 11.9 Å². The molecular formula is C19H19N5O2S. The molecule has 1 aliphatic heterocycles. The standard InChI is InChI=1S/C19H19N5O2S/c1-12-21-22-19-24(12)23-16(13-8-4-3-5-9-13)17(27-19)18(25)20-14-10-6-7-11-15(14)26-2/h3-11,16-17,23H,1-2H3,(H,20,25). The van der Waals surface area contributed by atoms with Crippen LogP contribution in [0.1, 0.15) is 17.4 Å². The Labute approximate surface area is 161 Å². The van der Waals surface area contributed by atoms with Crippen molar-refractivity contribution in [3.05, 3.63) is 66.0 Å². The molecule has 2 atom stereocenters. The summed E-state index contributed by atoms with van der Waals surface area (Å²) in [4.78, 5) is 13.2. The first kappa shape index (κ1) is 17.4. The normalized spacial score (nSPS) is 18.3. The Morgan fingerprint density at radius 2 is 1.89 bits per heavy atom. The molecule has 4 rings (SSSR count). The quantitative estimate of drug-likeness (QED) is 0.723. The molecule has 1 amide bonds. The van der Waals surface area contributed by atoms with E-state index in [2.05, 4.69) is 20.9 Å². The molecule has 8 heteroatoms. The number of anilines is 1. The molecule has 0 saturated carbocycles. The summed E-state index contributed by atoms with van der Waals surface area (Å²) < 4.78 is 7.17. The minimum absolute atomic E-state index is 0.127. The van der Waals surface area contributed by atoms with Crippen LogP contribution in [0.5, 0.6) is 5.75 Å². The Hall–Kier alpha value is -3.00. The Morgan fingerprint density at radius 3 is 2.67 bits per heavy atom. The van der Waals surface area contributed by atoms with Crippen molar-refractivity contribution >= 4 is 23.4 Å². The number of benzene rings is 2. The highest BCUT2D eigenvalue weighted by atomic mass is 32.2. The van der Waals surface area contributed by atoms with Gasteiger partial charge < -0.3 is 15.5 Å². The van der Waals surface area contributed by atoms with Gasteiger partial charge in [0.25, 0.3) is 0 Å². The van der Waals surface area contributed by atoms with Crippen molar-refractivity contribution in [1.82, 2.24) is 14.9 Å². The van der Waals surface area contributed by atoms with Crippen LogP contribution in [0.25, 0.3) is 0 Å². The van der Waals surface area contributed by atoms with Gasteiger partial charge in [0.05, 0.1) is 18.8 Å². The summed E-state index contributed by atoms with van der Waals surface area (Å²) in [5.41, 5.74) is 5.04. The molecule has 0 aliphatic carbocycles. The zero-order valence-electron chi connectivity index (χ0n) is 14.9. The number of amides is 1. The van der Waals surface area contributed by atoms with Crippen molar-refractivity contribution < 1.29 is 9.53 Å². The molecule has 0 fully saturated rings. The van der Waals surface area contributed by atoms with Crippen LogP contribution in [0.2, 0.25) is 0 Å². The van der Waals surface area contributed by atoms with Gasteiger partial charge in [0, 0.05) is 0 Å². The van der Waals surface area contributed by atoms with Crippen LogP contribution < -0.4 is 15.5 Å². The molecule has 1 aliphatic rings. The number of thioether (sulfide) groups is 1. The molecule has 0 saturated heterocycles. The number of carbonyl (C=O) groups excluding carboxylic acids is 1. The van der Waals surface area contributed by atoms with Gasteiger partial charge >= 0.3 is 0 Å². The molecule has 0 radical (unpaired) electrons. The lowest BCUT2D eigenvalue weighted by atomic mass is 10.0. The number of hydrogen-bond acceptors (Lipinski definition) is 6. The topological polar surface area (TPSA) is 81.1 Å². The van der Waals surface area contributed by atoms with E-state index in [1.54, 1.807) is 7.11 Å². The Kier molecular flexibility index (Phi) is 4.72. The summed E-state index contributed by atoms with van der Waals surface area (Å²) in [5.74, 6) is 1.25. The molecule has 138 valence electrons. The van der Waals surface area contributed by atoms with Gasteiger partial charge in [-0.3, -0.25) is 4.79 Å². The number of rotatable bonds is 4. The van der Waals surface area contributed by atoms with Gasteiger partial charge in [-0.05, 0) is 24.6 Å². The van der Waals surface area contributed by atoms with E-state index in [1.165, 1.54) is 11.8 Å². The fourth-order valence-electron chi connectivity index (χ4n) is 3.02. The molecule has 2 aromatic carbocycles. The number of nitrogens with zero attached hydrogens (tertiary/aromatic N) is 3. The van der Waals surface area contributed by atoms with Crippen molar-refractivity contribution in [2.24, 2.45) is 0 Å². The van der Waals surface area contributed by atoms with Crippen LogP contribution in [0.15, 0.2) is 59.8 Å². The van der Waals surface area contributed by atoms with Crippen LogP contribution in [0.4, 0.5) is 5.69 Å². The van der Waals surface area contributed by atoms with E-state index < -0.39 is 5.25 Å². The smallest absolute Gasteiger partial charge is 0.240 e. The van der Waals surface area contributed by atoms with Gasteiger partial charge in [-0.15, -0.1) is 10.2 Å². The predicted octanol–water partition coefficient (Wildman–Crippen LogP) is 2.99. The summed E-state index contributed by atoms with van der Waals surface area (Å²) >= 11 is 1.40. The van der Waals surface area contributed by atoms with E-state index in [0.29, 0.717) is 16.6 Å². The Bertz CT molecular complexity index is 960. The van der Waals surface area contributed by atoms with E-state index in [1.807, 2.05) is 66.2 Å². The number of hydrogen-bond donors (Lipinski definition) is 2. The summed E-state index contributed by atoms with van der Waals surface area (Å²) in [6, 6.07) is 17.0. The molecule has 27 heavy (non-hydrogen) atoms. The van der Waals surface area contributed by atoms with E-state index in [9.17, 15) is 4.79 Å². The number of methoxy groups -OCH3 is 1. The van der Waals surface area contributed by atoms with Crippen molar-refractivity contribution in [3.8, 4) is 5.75 Å². The number of ether oxygens (including phenoxy) is 1. The minimum atomic E-state index is -0.423. The largest absolute Gasteiger partial charge is 0.495 e. The monoisotopic (exact) mass is 381 g/mol. The first-order chi connectivity index (χ1) is 13.2. The van der Waals surface area contributed by atoms with Crippen molar-refractivity contribution in [1.29, 1.82) is 0 Å². The second-order valence-corrected chi connectivity index (χ2v) is 7.22. The zero-order valence-corrected chi connectivity index (χ0v) is 15.7. The fraction of sp³-hybridized carbons (Fsp3) is 0.211. The highest BCUT2D eigenvalue weighted by molar-refractivity contribution is 8.00. The second-order valence-electron chi connectivity index (χ2n) is 6.11. The first-order valence-electron chi connectivity index (χ1n) is 8.51. The second kappa shape index (κ2) is 7.32. The third-order valence-electron chi connectivity index (χ3n) is 4.38. The molecule has 2 heterocycles. The van der Waals surface area contributed by atoms with Gasteiger partial charge in [-0.2, -0.15) is 0 Å². The molecule has 0 bridgehead atoms. The minimum Gasteiger partial charge on any atom is -0.495 e. The maximum Gasteiger partial charge on any atom is 0.240 e. The van der Waals surface area contributed by atoms with E-state index in [4.69, 9.17) is 4.74 Å². The number of aromatic nitrogens is 3. The lowest BCUT2D eigenvalue weighted by molar-refractivity contribution is -0.116. The van der Waals surface area contributed by atoms with Gasteiger partial charge in [-0.25, -0.2) is 4.68 Å². The number of carbonyl (C=O) groups is 1. The van der Waals surface area contributed by atoms with Gasteiger partial charge in [0.1, 0.15) is 16.8 Å². The zero-order chi connectivity index (χ0) is 18.8. The SMILES string of the molecule is COc1ccccc1NC(=O)C1Sc2nnc(C)n2NC1c1ccccc1. The van der Waals surface area contributed by atoms with Gasteiger partial charge in [0.15, 0.2) is 0 Å². The Balaban J connectivity index is 1.66. The average molecular weight is 381 g/mol. The molecule has 0 spiro atoms. The van der Waals surface area contributed by atoms with E-state index in [0.717, 1.165) is 11.4 Å². The maximum absolute atomic E-state index is 13.2. The lowest BCUT2D eigenvalue weighted by Gasteiger charge is -2.32. The van der Waals surface area contributed by atoms with Crippen LogP contribution >= 0.6 is 11.8 Å². The molecule has 2 N–H and O–H groups in total. The average Bonchev–Trinajstić information content (AvgIpc) is 3.08. The summed E-state index contributed by atoms with van der Waals surface area (Å²) in [7, 11) is 1.58. The van der Waals surface area contributed by atoms with Crippen molar-refractivity contribution in [2.45, 2.75) is 23.4 Å². The van der Waals surface area contributed by atoms with Crippen LogP contribution in [0.3, 0.4) is 0 Å². The predicted molar refractivity (Wildman–Crippen MR) is 105 cm³/mol. The molecule has 7 nitrogen and oxygen atoms in total. The van der Waals surface area contributed by atoms with Crippen molar-refractivity contribution in [3.63, 3.8) is 0 Å². The number of aryl methyl sites for hydroxylation is 1. The molecule has 3 aromatic rings. The maximum atomic E-state index is 13.2. The molecule has 2 unspecified atom stereocenters. The fourth-order valence-corrected chi connectivity index (χ4v) is 4.15. The number of fused-ring (bicyclic) bond motifs is 1. The highest BCUT2D eigenvalue weighted by Crippen LogP contribution is 2.37.